The van der Waals surface area contributed by atoms with Crippen molar-refractivity contribution in [2.24, 2.45) is 0 Å². The minimum Gasteiger partial charge on any atom is -0.385 e. The van der Waals surface area contributed by atoms with Crippen LogP contribution in [0.15, 0.2) is 66.9 Å². The monoisotopic (exact) mass is 472 g/mol. The molecule has 1 N–H and O–H groups in total. The lowest BCUT2D eigenvalue weighted by Gasteiger charge is -2.42. The molecule has 3 aromatic rings. The molecule has 0 radical (unpaired) electrons. The van der Waals surface area contributed by atoms with E-state index in [1.165, 1.54) is 41.3 Å². The van der Waals surface area contributed by atoms with Gasteiger partial charge in [-0.2, -0.15) is 4.39 Å². The number of hydrogen-bond acceptors (Lipinski definition) is 4. The number of aliphatic hydroxyl groups is 1. The van der Waals surface area contributed by atoms with E-state index in [-0.39, 0.29) is 5.41 Å². The van der Waals surface area contributed by atoms with E-state index in [0.717, 1.165) is 39.3 Å². The van der Waals surface area contributed by atoms with Gasteiger partial charge < -0.3 is 14.7 Å². The zero-order valence-corrected chi connectivity index (χ0v) is 20.1. The maximum absolute atomic E-state index is 14.2. The van der Waals surface area contributed by atoms with Crippen LogP contribution in [0, 0.1) is 5.95 Å². The highest BCUT2D eigenvalue weighted by Gasteiger charge is 2.53. The third-order valence-electron chi connectivity index (χ3n) is 8.52. The first-order valence-corrected chi connectivity index (χ1v) is 12.9. The van der Waals surface area contributed by atoms with E-state index in [0.29, 0.717) is 24.3 Å². The Kier molecular flexibility index (Phi) is 5.95. The van der Waals surface area contributed by atoms with Gasteiger partial charge in [0.1, 0.15) is 0 Å². The second kappa shape index (κ2) is 9.12. The molecule has 2 aliphatic carbocycles. The first kappa shape index (κ1) is 22.8. The Morgan fingerprint density at radius 3 is 2.06 bits per heavy atom. The van der Waals surface area contributed by atoms with Crippen molar-refractivity contribution >= 4 is 0 Å². The van der Waals surface area contributed by atoms with Gasteiger partial charge in [0.15, 0.2) is 0 Å². The van der Waals surface area contributed by atoms with Crippen LogP contribution in [0.25, 0.3) is 0 Å². The second-order valence-corrected chi connectivity index (χ2v) is 10.5. The largest absolute Gasteiger partial charge is 0.385 e. The fraction of sp³-hybridized carbons (Fsp3) is 0.433. The summed E-state index contributed by atoms with van der Waals surface area (Å²) in [5, 5.41) is 11.1. The van der Waals surface area contributed by atoms with E-state index in [1.807, 2.05) is 0 Å². The van der Waals surface area contributed by atoms with Gasteiger partial charge in [0, 0.05) is 55.9 Å². The molecule has 0 atom stereocenters. The highest BCUT2D eigenvalue weighted by atomic mass is 19.1. The fourth-order valence-corrected chi connectivity index (χ4v) is 6.78. The smallest absolute Gasteiger partial charge is 0.218 e. The summed E-state index contributed by atoms with van der Waals surface area (Å²) in [6, 6.07) is 21.2. The zero-order chi connectivity index (χ0) is 23.9. The van der Waals surface area contributed by atoms with Crippen LogP contribution in [0.1, 0.15) is 65.8 Å². The number of rotatable bonds is 3. The van der Waals surface area contributed by atoms with Gasteiger partial charge in [-0.3, -0.25) is 0 Å². The number of pyridine rings is 1. The Morgan fingerprint density at radius 1 is 0.886 bits per heavy atom. The molecule has 2 aliphatic heterocycles. The van der Waals surface area contributed by atoms with Crippen LogP contribution in [0.3, 0.4) is 0 Å². The third kappa shape index (κ3) is 3.90. The molecule has 2 fully saturated rings. The molecule has 35 heavy (non-hydrogen) atoms. The molecule has 1 aromatic heterocycles. The second-order valence-electron chi connectivity index (χ2n) is 10.5. The lowest BCUT2D eigenvalue weighted by Crippen LogP contribution is -2.48. The van der Waals surface area contributed by atoms with Gasteiger partial charge in [0.25, 0.3) is 0 Å². The maximum Gasteiger partial charge on any atom is 0.218 e. The molecule has 4 nitrogen and oxygen atoms in total. The van der Waals surface area contributed by atoms with Gasteiger partial charge in [-0.15, -0.1) is 0 Å². The third-order valence-corrected chi connectivity index (χ3v) is 8.52. The summed E-state index contributed by atoms with van der Waals surface area (Å²) < 4.78 is 19.2. The number of likely N-dealkylation sites (tertiary alicyclic amines) is 1. The SMILES string of the molecule is C1CCOC1.OC1(c2cccnc2F)CCN(CC23CC(c4ccccc42)c2ccccc23)CC1. The maximum atomic E-state index is 14.2. The van der Waals surface area contributed by atoms with Crippen molar-refractivity contribution in [2.75, 3.05) is 32.8 Å². The van der Waals surface area contributed by atoms with Crippen LogP contribution in [-0.4, -0.2) is 47.8 Å². The number of halogens is 1. The molecule has 5 heteroatoms. The summed E-state index contributed by atoms with van der Waals surface area (Å²) in [6.07, 6.45) is 6.17. The van der Waals surface area contributed by atoms with Crippen LogP contribution in [0.5, 0.6) is 0 Å². The fourth-order valence-electron chi connectivity index (χ4n) is 6.78. The molecule has 7 rings (SSSR count). The molecule has 4 aliphatic rings. The van der Waals surface area contributed by atoms with Gasteiger partial charge in [0.2, 0.25) is 5.95 Å². The van der Waals surface area contributed by atoms with Crippen LogP contribution < -0.4 is 0 Å². The van der Waals surface area contributed by atoms with Gasteiger partial charge in [-0.05, 0) is 60.4 Å². The molecule has 2 aromatic carbocycles. The highest BCUT2D eigenvalue weighted by Crippen LogP contribution is 2.60. The van der Waals surface area contributed by atoms with Gasteiger partial charge in [-0.25, -0.2) is 4.98 Å². The average Bonchev–Trinajstić information content (AvgIpc) is 3.64. The summed E-state index contributed by atoms with van der Waals surface area (Å²) in [6.45, 7) is 4.45. The lowest BCUT2D eigenvalue weighted by molar-refractivity contribution is -0.0319. The van der Waals surface area contributed by atoms with E-state index < -0.39 is 11.5 Å². The van der Waals surface area contributed by atoms with E-state index in [9.17, 15) is 9.50 Å². The predicted molar refractivity (Wildman–Crippen MR) is 134 cm³/mol. The summed E-state index contributed by atoms with van der Waals surface area (Å²) in [4.78, 5) is 6.20. The van der Waals surface area contributed by atoms with Crippen LogP contribution in [0.2, 0.25) is 0 Å². The molecule has 2 saturated heterocycles. The number of benzene rings is 2. The van der Waals surface area contributed by atoms with Crippen LogP contribution >= 0.6 is 0 Å². The van der Waals surface area contributed by atoms with Gasteiger partial charge >= 0.3 is 0 Å². The normalized spacial score (nSPS) is 26.1. The number of nitrogens with zero attached hydrogens (tertiary/aromatic N) is 2. The molecule has 2 bridgehead atoms. The highest BCUT2D eigenvalue weighted by molar-refractivity contribution is 5.62. The Balaban J connectivity index is 0.000000410. The van der Waals surface area contributed by atoms with Crippen LogP contribution in [0.4, 0.5) is 4.39 Å². The molecule has 0 saturated carbocycles. The van der Waals surface area contributed by atoms with Crippen molar-refractivity contribution < 1.29 is 14.2 Å². The molecule has 182 valence electrons. The average molecular weight is 473 g/mol. The summed E-state index contributed by atoms with van der Waals surface area (Å²) in [7, 11) is 0. The lowest BCUT2D eigenvalue weighted by atomic mass is 9.74. The Morgan fingerprint density at radius 2 is 1.49 bits per heavy atom. The van der Waals surface area contributed by atoms with E-state index >= 15 is 0 Å². The van der Waals surface area contributed by atoms with Crippen molar-refractivity contribution in [1.29, 1.82) is 0 Å². The molecule has 0 spiro atoms. The van der Waals surface area contributed by atoms with E-state index in [1.54, 1.807) is 12.1 Å². The first-order valence-electron chi connectivity index (χ1n) is 12.9. The number of piperidine rings is 1. The molecular weight excluding hydrogens is 439 g/mol. The Hall–Kier alpha value is -2.60. The number of fused-ring (bicyclic) bond motifs is 8. The van der Waals surface area contributed by atoms with E-state index in [2.05, 4.69) is 58.4 Å². The van der Waals surface area contributed by atoms with Crippen molar-refractivity contribution in [3.63, 3.8) is 0 Å². The number of aromatic nitrogens is 1. The number of ether oxygens (including phenoxy) is 1. The number of hydrogen-bond donors (Lipinski definition) is 1. The van der Waals surface area contributed by atoms with Crippen molar-refractivity contribution in [2.45, 2.75) is 49.0 Å². The molecule has 0 unspecified atom stereocenters. The minimum absolute atomic E-state index is 0.0207. The van der Waals surface area contributed by atoms with E-state index in [4.69, 9.17) is 4.74 Å². The predicted octanol–water partition coefficient (Wildman–Crippen LogP) is 5.14. The van der Waals surface area contributed by atoms with Crippen LogP contribution in [-0.2, 0) is 15.8 Å². The van der Waals surface area contributed by atoms with Crippen molar-refractivity contribution in [3.05, 3.63) is 101 Å². The standard InChI is InChI=1S/C26H25FN2O.C4H8O/c27-24-23(10-5-13-28-24)26(30)11-14-29(15-12-26)17-25-16-20(18-6-1-3-8-21(18)25)19-7-2-4-9-22(19)25;1-2-4-5-3-1/h1-10,13,20,30H,11-12,14-17H2;1-4H2. The van der Waals surface area contributed by atoms with Gasteiger partial charge in [-0.1, -0.05) is 54.6 Å². The minimum atomic E-state index is -1.13. The van der Waals surface area contributed by atoms with Crippen molar-refractivity contribution in [1.82, 2.24) is 9.88 Å². The van der Waals surface area contributed by atoms with Crippen molar-refractivity contribution in [3.8, 4) is 0 Å². The van der Waals surface area contributed by atoms with Gasteiger partial charge in [0.05, 0.1) is 5.60 Å². The first-order chi connectivity index (χ1) is 17.1. The molecule has 3 heterocycles. The Bertz CT molecular complexity index is 1150. The quantitative estimate of drug-likeness (QED) is 0.537. The summed E-state index contributed by atoms with van der Waals surface area (Å²) >= 11 is 0. The summed E-state index contributed by atoms with van der Waals surface area (Å²) in [5.41, 5.74) is 5.11. The Labute approximate surface area is 206 Å². The molecular formula is C30H33FN2O2. The summed E-state index contributed by atoms with van der Waals surface area (Å²) in [5.74, 6) is -0.0621. The topological polar surface area (TPSA) is 45.6 Å². The zero-order valence-electron chi connectivity index (χ0n) is 20.1. The molecule has 0 amide bonds.